The van der Waals surface area contributed by atoms with Crippen molar-refractivity contribution in [3.8, 4) is 10.6 Å². The van der Waals surface area contributed by atoms with Crippen molar-refractivity contribution < 1.29 is 9.18 Å². The van der Waals surface area contributed by atoms with Crippen molar-refractivity contribution in [3.63, 3.8) is 0 Å². The lowest BCUT2D eigenvalue weighted by atomic mass is 10.2. The van der Waals surface area contributed by atoms with Crippen molar-refractivity contribution >= 4 is 63.5 Å². The van der Waals surface area contributed by atoms with Crippen molar-refractivity contribution in [1.29, 1.82) is 0 Å². The van der Waals surface area contributed by atoms with Crippen LogP contribution in [0.25, 0.3) is 21.6 Å². The molecule has 0 aliphatic carbocycles. The fourth-order valence-electron chi connectivity index (χ4n) is 3.32. The van der Waals surface area contributed by atoms with Gasteiger partial charge in [-0.15, -0.1) is 11.3 Å². The minimum atomic E-state index is -0.400. The second kappa shape index (κ2) is 9.86. The number of carbonyl (C=O) groups excluding carboxylic acids is 1. The van der Waals surface area contributed by atoms with E-state index < -0.39 is 5.82 Å². The Hall–Kier alpha value is -3.01. The van der Waals surface area contributed by atoms with Gasteiger partial charge in [0.2, 0.25) is 0 Å². The Morgan fingerprint density at radius 1 is 1.24 bits per heavy atom. The fourth-order valence-corrected chi connectivity index (χ4v) is 4.75. The van der Waals surface area contributed by atoms with Crippen LogP contribution in [0.15, 0.2) is 47.0 Å². The van der Waals surface area contributed by atoms with Crippen LogP contribution in [0.1, 0.15) is 10.4 Å². The molecular weight excluding hydrogens is 486 g/mol. The van der Waals surface area contributed by atoms with Gasteiger partial charge in [-0.3, -0.25) is 4.79 Å². The van der Waals surface area contributed by atoms with E-state index in [1.165, 1.54) is 41.9 Å². The molecule has 4 rings (SSSR count). The monoisotopic (exact) mass is 504 g/mol. The van der Waals surface area contributed by atoms with Gasteiger partial charge in [0.15, 0.2) is 5.15 Å². The molecule has 0 fully saturated rings. The maximum atomic E-state index is 13.2. The molecule has 4 aromatic rings. The van der Waals surface area contributed by atoms with Crippen molar-refractivity contribution in [2.75, 3.05) is 20.6 Å². The molecular formula is C22H19Cl2FN6OS. The molecule has 1 N–H and O–H groups in total. The molecule has 0 aliphatic rings. The van der Waals surface area contributed by atoms with Crippen LogP contribution in [0.2, 0.25) is 10.2 Å². The zero-order valence-electron chi connectivity index (χ0n) is 17.7. The summed E-state index contributed by atoms with van der Waals surface area (Å²) in [5.41, 5.74) is 2.89. The summed E-state index contributed by atoms with van der Waals surface area (Å²) in [6.45, 7) is 0.635. The van der Waals surface area contributed by atoms with Crippen molar-refractivity contribution in [1.82, 2.24) is 24.8 Å². The second-order valence-electron chi connectivity index (χ2n) is 7.28. The smallest absolute Gasteiger partial charge is 0.251 e. The topological polar surface area (TPSA) is 75.4 Å². The molecule has 0 saturated heterocycles. The van der Waals surface area contributed by atoms with Gasteiger partial charge >= 0.3 is 0 Å². The Balaban J connectivity index is 1.75. The summed E-state index contributed by atoms with van der Waals surface area (Å²) in [6, 6.07) is 7.18. The SMILES string of the molecule is CN(C)C=Nc1c(-c2sccc2Cl)n(CCNC(=O)c2ccc(F)cc2)c2c(Cl)ncnc12. The number of halogens is 3. The molecule has 1 aromatic carbocycles. The van der Waals surface area contributed by atoms with Gasteiger partial charge in [-0.25, -0.2) is 19.4 Å². The minimum Gasteiger partial charge on any atom is -0.369 e. The number of benzene rings is 1. The number of amides is 1. The highest BCUT2D eigenvalue weighted by Gasteiger charge is 2.24. The van der Waals surface area contributed by atoms with Gasteiger partial charge in [0.25, 0.3) is 5.91 Å². The van der Waals surface area contributed by atoms with Crippen LogP contribution in [-0.2, 0) is 6.54 Å². The van der Waals surface area contributed by atoms with Crippen molar-refractivity contribution in [3.05, 3.63) is 63.6 Å². The van der Waals surface area contributed by atoms with Crippen molar-refractivity contribution in [2.24, 2.45) is 4.99 Å². The lowest BCUT2D eigenvalue weighted by Gasteiger charge is -2.12. The normalized spacial score (nSPS) is 11.4. The Labute approximate surface area is 203 Å². The fraction of sp³-hybridized carbons (Fsp3) is 0.182. The van der Waals surface area contributed by atoms with Gasteiger partial charge in [-0.2, -0.15) is 0 Å². The average Bonchev–Trinajstić information content (AvgIpc) is 3.33. The first-order valence-corrected chi connectivity index (χ1v) is 11.5. The van der Waals surface area contributed by atoms with Gasteiger partial charge in [0, 0.05) is 32.7 Å². The van der Waals surface area contributed by atoms with E-state index in [4.69, 9.17) is 23.2 Å². The number of rotatable bonds is 7. The molecule has 3 heterocycles. The second-order valence-corrected chi connectivity index (χ2v) is 8.96. The summed E-state index contributed by atoms with van der Waals surface area (Å²) < 4.78 is 15.1. The number of fused-ring (bicyclic) bond motifs is 1. The van der Waals surface area contributed by atoms with Gasteiger partial charge in [-0.05, 0) is 35.7 Å². The highest BCUT2D eigenvalue weighted by molar-refractivity contribution is 7.14. The first kappa shape index (κ1) is 23.2. The van der Waals surface area contributed by atoms with Gasteiger partial charge in [0.05, 0.1) is 21.9 Å². The summed E-state index contributed by atoms with van der Waals surface area (Å²) in [7, 11) is 3.74. The summed E-state index contributed by atoms with van der Waals surface area (Å²) in [5, 5.41) is 5.59. The number of aliphatic imine (C=N–C) groups is 1. The molecule has 3 aromatic heterocycles. The predicted octanol–water partition coefficient (Wildman–Crippen LogP) is 5.26. The summed E-state index contributed by atoms with van der Waals surface area (Å²) in [4.78, 5) is 28.3. The van der Waals surface area contributed by atoms with E-state index in [0.717, 1.165) is 10.6 Å². The highest BCUT2D eigenvalue weighted by atomic mass is 35.5. The third-order valence-corrected chi connectivity index (χ3v) is 6.37. The Morgan fingerprint density at radius 3 is 2.67 bits per heavy atom. The van der Waals surface area contributed by atoms with E-state index in [2.05, 4.69) is 20.3 Å². The van der Waals surface area contributed by atoms with Crippen LogP contribution in [0.3, 0.4) is 0 Å². The zero-order chi connectivity index (χ0) is 23.5. The van der Waals surface area contributed by atoms with Crippen LogP contribution in [-0.4, -0.2) is 52.3 Å². The molecule has 0 radical (unpaired) electrons. The van der Waals surface area contributed by atoms with Crippen LogP contribution >= 0.6 is 34.5 Å². The Bertz CT molecular complexity index is 1330. The summed E-state index contributed by atoms with van der Waals surface area (Å²) in [6.07, 6.45) is 3.07. The molecule has 0 unspecified atom stereocenters. The predicted molar refractivity (Wildman–Crippen MR) is 131 cm³/mol. The number of hydrogen-bond donors (Lipinski definition) is 1. The number of nitrogens with one attached hydrogen (secondary N) is 1. The van der Waals surface area contributed by atoms with E-state index >= 15 is 0 Å². The molecule has 1 amide bonds. The van der Waals surface area contributed by atoms with E-state index in [0.29, 0.717) is 33.9 Å². The summed E-state index contributed by atoms with van der Waals surface area (Å²) in [5.74, 6) is -0.710. The Morgan fingerprint density at radius 2 is 2.00 bits per heavy atom. The Kier molecular flexibility index (Phi) is 6.92. The number of nitrogens with zero attached hydrogens (tertiary/aromatic N) is 5. The largest absolute Gasteiger partial charge is 0.369 e. The molecule has 0 atom stereocenters. The molecule has 0 aliphatic heterocycles. The molecule has 0 bridgehead atoms. The highest BCUT2D eigenvalue weighted by Crippen LogP contribution is 2.45. The molecule has 0 spiro atoms. The van der Waals surface area contributed by atoms with Crippen LogP contribution in [0.5, 0.6) is 0 Å². The zero-order valence-corrected chi connectivity index (χ0v) is 20.0. The number of thiophene rings is 1. The first-order chi connectivity index (χ1) is 15.9. The standard InChI is InChI=1S/C22H19Cl2FN6OS/c1-30(2)12-29-16-17-19(21(24)28-11-27-17)31(18(16)20-15(23)7-10-33-20)9-8-26-22(32)13-3-5-14(25)6-4-13/h3-7,10-12H,8-9H2,1-2H3,(H,26,32). The van der Waals surface area contributed by atoms with Gasteiger partial charge < -0.3 is 14.8 Å². The van der Waals surface area contributed by atoms with Gasteiger partial charge in [-0.1, -0.05) is 23.2 Å². The van der Waals surface area contributed by atoms with E-state index in [9.17, 15) is 9.18 Å². The maximum absolute atomic E-state index is 13.2. The number of carbonyl (C=O) groups is 1. The number of aromatic nitrogens is 3. The third-order valence-electron chi connectivity index (χ3n) is 4.74. The van der Waals surface area contributed by atoms with Crippen LogP contribution in [0.4, 0.5) is 10.1 Å². The van der Waals surface area contributed by atoms with Gasteiger partial charge in [0.1, 0.15) is 28.9 Å². The van der Waals surface area contributed by atoms with Crippen LogP contribution in [0, 0.1) is 5.82 Å². The lowest BCUT2D eigenvalue weighted by Crippen LogP contribution is -2.27. The van der Waals surface area contributed by atoms with E-state index in [1.54, 1.807) is 6.34 Å². The lowest BCUT2D eigenvalue weighted by molar-refractivity contribution is 0.0952. The number of hydrogen-bond acceptors (Lipinski definition) is 5. The van der Waals surface area contributed by atoms with E-state index in [-0.39, 0.29) is 17.6 Å². The van der Waals surface area contributed by atoms with Crippen molar-refractivity contribution in [2.45, 2.75) is 6.54 Å². The first-order valence-electron chi connectivity index (χ1n) is 9.87. The van der Waals surface area contributed by atoms with Crippen LogP contribution < -0.4 is 5.32 Å². The average molecular weight is 505 g/mol. The molecule has 170 valence electrons. The molecule has 7 nitrogen and oxygen atoms in total. The minimum absolute atomic E-state index is 0.269. The third kappa shape index (κ3) is 4.85. The molecule has 33 heavy (non-hydrogen) atoms. The molecule has 0 saturated carbocycles. The van der Waals surface area contributed by atoms with E-state index in [1.807, 2.05) is 35.0 Å². The quantitative estimate of drug-likeness (QED) is 0.211. The maximum Gasteiger partial charge on any atom is 0.251 e. The molecule has 11 heteroatoms. The summed E-state index contributed by atoms with van der Waals surface area (Å²) >= 11 is 14.4.